The lowest BCUT2D eigenvalue weighted by molar-refractivity contribution is 1.02. The molecule has 0 aliphatic heterocycles. The van der Waals surface area contributed by atoms with Crippen molar-refractivity contribution < 1.29 is 0 Å². The molecule has 3 N–H and O–H groups in total. The minimum atomic E-state index is 0.554. The Bertz CT molecular complexity index is 697. The molecule has 1 aromatic carbocycles. The van der Waals surface area contributed by atoms with Gasteiger partial charge in [0.15, 0.2) is 10.2 Å². The van der Waals surface area contributed by atoms with Crippen LogP contribution in [0.2, 0.25) is 0 Å². The number of halogens is 1. The number of nitrogens with two attached hydrogens (primary N) is 1. The summed E-state index contributed by atoms with van der Waals surface area (Å²) in [6.45, 7) is 0. The van der Waals surface area contributed by atoms with Crippen molar-refractivity contribution in [3.8, 4) is 0 Å². The van der Waals surface area contributed by atoms with E-state index in [1.807, 2.05) is 18.2 Å². The molecule has 0 aliphatic carbocycles. The number of thiazole rings is 1. The summed E-state index contributed by atoms with van der Waals surface area (Å²) in [5.41, 5.74) is 3.52. The summed E-state index contributed by atoms with van der Waals surface area (Å²) in [4.78, 5) is 12.8. The molecule has 0 bridgehead atoms. The number of para-hydroxylation sites is 1. The Morgan fingerprint density at radius 1 is 1.26 bits per heavy atom. The first-order valence-corrected chi connectivity index (χ1v) is 7.71. The molecular formula is C11H8BrN5S2. The second-order valence-electron chi connectivity index (χ2n) is 3.54. The quantitative estimate of drug-likeness (QED) is 0.427. The maximum absolute atomic E-state index is 5.38. The van der Waals surface area contributed by atoms with Crippen LogP contribution in [0.4, 0.5) is 5.82 Å². The molecule has 0 unspecified atom stereocenters. The smallest absolute Gasteiger partial charge is 0.158 e. The number of hydrogen-bond acceptors (Lipinski definition) is 7. The van der Waals surface area contributed by atoms with Crippen molar-refractivity contribution >= 4 is 55.1 Å². The average molecular weight is 354 g/mol. The van der Waals surface area contributed by atoms with E-state index in [9.17, 15) is 0 Å². The van der Waals surface area contributed by atoms with Gasteiger partial charge in [-0.25, -0.2) is 20.8 Å². The van der Waals surface area contributed by atoms with Gasteiger partial charge in [-0.3, -0.25) is 0 Å². The van der Waals surface area contributed by atoms with E-state index in [1.54, 1.807) is 11.3 Å². The molecule has 19 heavy (non-hydrogen) atoms. The zero-order valence-electron chi connectivity index (χ0n) is 9.50. The van der Waals surface area contributed by atoms with Crippen LogP contribution in [0.15, 0.2) is 44.4 Å². The van der Waals surface area contributed by atoms with Crippen molar-refractivity contribution in [2.45, 2.75) is 9.37 Å². The van der Waals surface area contributed by atoms with Gasteiger partial charge in [-0.2, -0.15) is 0 Å². The molecule has 2 aromatic heterocycles. The number of nitrogens with one attached hydrogen (secondary N) is 1. The first-order valence-electron chi connectivity index (χ1n) is 5.28. The molecule has 3 aromatic rings. The monoisotopic (exact) mass is 353 g/mol. The van der Waals surface area contributed by atoms with E-state index in [2.05, 4.69) is 42.4 Å². The Morgan fingerprint density at radius 2 is 2.11 bits per heavy atom. The van der Waals surface area contributed by atoms with E-state index in [4.69, 9.17) is 5.84 Å². The van der Waals surface area contributed by atoms with Crippen molar-refractivity contribution in [3.63, 3.8) is 0 Å². The summed E-state index contributed by atoms with van der Waals surface area (Å²) < 4.78 is 2.83. The van der Waals surface area contributed by atoms with Gasteiger partial charge in [0.05, 0.1) is 14.7 Å². The van der Waals surface area contributed by atoms with Crippen LogP contribution in [0.1, 0.15) is 0 Å². The normalized spacial score (nSPS) is 10.8. The van der Waals surface area contributed by atoms with E-state index in [0.717, 1.165) is 24.1 Å². The molecule has 0 atom stereocenters. The highest BCUT2D eigenvalue weighted by atomic mass is 79.9. The first-order chi connectivity index (χ1) is 9.28. The number of anilines is 1. The summed E-state index contributed by atoms with van der Waals surface area (Å²) in [6.07, 6.45) is 1.47. The summed E-state index contributed by atoms with van der Waals surface area (Å²) in [5, 5.41) is 0.780. The van der Waals surface area contributed by atoms with Gasteiger partial charge in [0, 0.05) is 0 Å². The molecule has 0 fully saturated rings. The van der Waals surface area contributed by atoms with E-state index >= 15 is 0 Å². The number of nitrogen functional groups attached to an aromatic ring is 1. The Balaban J connectivity index is 1.96. The summed E-state index contributed by atoms with van der Waals surface area (Å²) in [7, 11) is 0. The molecule has 0 saturated carbocycles. The molecule has 0 saturated heterocycles. The van der Waals surface area contributed by atoms with E-state index in [0.29, 0.717) is 5.82 Å². The largest absolute Gasteiger partial charge is 0.307 e. The van der Waals surface area contributed by atoms with E-state index in [-0.39, 0.29) is 0 Å². The Kier molecular flexibility index (Phi) is 3.65. The van der Waals surface area contributed by atoms with Gasteiger partial charge in [0.25, 0.3) is 0 Å². The molecular weight excluding hydrogens is 346 g/mol. The molecule has 5 nitrogen and oxygen atoms in total. The SMILES string of the molecule is NNc1ncnc(Sc2nc3ccccc3s2)c1Br. The van der Waals surface area contributed by atoms with Crippen molar-refractivity contribution in [2.24, 2.45) is 5.84 Å². The van der Waals surface area contributed by atoms with Crippen molar-refractivity contribution in [1.82, 2.24) is 15.0 Å². The predicted molar refractivity (Wildman–Crippen MR) is 81.3 cm³/mol. The van der Waals surface area contributed by atoms with Gasteiger partial charge in [0.2, 0.25) is 0 Å². The highest BCUT2D eigenvalue weighted by molar-refractivity contribution is 9.10. The summed E-state index contributed by atoms with van der Waals surface area (Å²) in [5.74, 6) is 5.94. The maximum Gasteiger partial charge on any atom is 0.158 e. The number of hydrogen-bond donors (Lipinski definition) is 2. The van der Waals surface area contributed by atoms with E-state index < -0.39 is 0 Å². The minimum absolute atomic E-state index is 0.554. The fourth-order valence-electron chi connectivity index (χ4n) is 1.50. The fraction of sp³-hybridized carbons (Fsp3) is 0. The number of rotatable bonds is 3. The molecule has 0 radical (unpaired) electrons. The molecule has 8 heteroatoms. The minimum Gasteiger partial charge on any atom is -0.307 e. The van der Waals surface area contributed by atoms with Gasteiger partial charge in [-0.05, 0) is 39.8 Å². The second-order valence-corrected chi connectivity index (χ2v) is 6.59. The third-order valence-electron chi connectivity index (χ3n) is 2.35. The fourth-order valence-corrected chi connectivity index (χ4v) is 4.03. The lowest BCUT2D eigenvalue weighted by Crippen LogP contribution is -2.09. The first kappa shape index (κ1) is 12.8. The topological polar surface area (TPSA) is 76.7 Å². The number of aromatic nitrogens is 3. The lowest BCUT2D eigenvalue weighted by atomic mass is 10.3. The zero-order chi connectivity index (χ0) is 13.2. The second kappa shape index (κ2) is 5.41. The van der Waals surface area contributed by atoms with Gasteiger partial charge in [-0.15, -0.1) is 11.3 Å². The predicted octanol–water partition coefficient (Wildman–Crippen LogP) is 3.29. The van der Waals surface area contributed by atoms with Crippen LogP contribution < -0.4 is 11.3 Å². The third kappa shape index (κ3) is 2.57. The van der Waals surface area contributed by atoms with Crippen molar-refractivity contribution in [2.75, 3.05) is 5.43 Å². The van der Waals surface area contributed by atoms with Crippen molar-refractivity contribution in [1.29, 1.82) is 0 Å². The van der Waals surface area contributed by atoms with Crippen LogP contribution >= 0.6 is 39.0 Å². The van der Waals surface area contributed by atoms with Crippen LogP contribution in [0, 0.1) is 0 Å². The Hall–Kier alpha value is -1.22. The number of hydrazine groups is 1. The van der Waals surface area contributed by atoms with E-state index in [1.165, 1.54) is 18.1 Å². The molecule has 0 aliphatic rings. The van der Waals surface area contributed by atoms with Crippen molar-refractivity contribution in [3.05, 3.63) is 35.1 Å². The number of nitrogens with zero attached hydrogens (tertiary/aromatic N) is 3. The van der Waals surface area contributed by atoms with Crippen LogP contribution in [0.25, 0.3) is 10.2 Å². The summed E-state index contributed by atoms with van der Waals surface area (Å²) in [6, 6.07) is 8.04. The zero-order valence-corrected chi connectivity index (χ0v) is 12.7. The van der Waals surface area contributed by atoms with Crippen LogP contribution in [0.3, 0.4) is 0 Å². The highest BCUT2D eigenvalue weighted by Gasteiger charge is 2.12. The lowest BCUT2D eigenvalue weighted by Gasteiger charge is -2.04. The molecule has 3 rings (SSSR count). The molecule has 0 amide bonds. The van der Waals surface area contributed by atoms with Gasteiger partial charge in [-0.1, -0.05) is 12.1 Å². The summed E-state index contributed by atoms with van der Waals surface area (Å²) >= 11 is 6.55. The van der Waals surface area contributed by atoms with Gasteiger partial charge >= 0.3 is 0 Å². The standard InChI is InChI=1S/C11H8BrN5S2/c12-8-9(17-13)14-5-15-10(8)19-11-16-6-3-1-2-4-7(6)18-11/h1-5H,13H2,(H,14,15,17). The van der Waals surface area contributed by atoms with Gasteiger partial charge < -0.3 is 5.43 Å². The number of benzene rings is 1. The van der Waals surface area contributed by atoms with Crippen LogP contribution in [-0.2, 0) is 0 Å². The Morgan fingerprint density at radius 3 is 2.89 bits per heavy atom. The third-order valence-corrected chi connectivity index (χ3v) is 5.47. The molecule has 96 valence electrons. The Labute approximate surface area is 125 Å². The van der Waals surface area contributed by atoms with Crippen LogP contribution in [0.5, 0.6) is 0 Å². The highest BCUT2D eigenvalue weighted by Crippen LogP contribution is 2.37. The van der Waals surface area contributed by atoms with Crippen LogP contribution in [-0.4, -0.2) is 15.0 Å². The van der Waals surface area contributed by atoms with Gasteiger partial charge in [0.1, 0.15) is 11.4 Å². The molecule has 0 spiro atoms. The molecule has 2 heterocycles. The maximum atomic E-state index is 5.38. The number of fused-ring (bicyclic) bond motifs is 1. The average Bonchev–Trinajstić information content (AvgIpc) is 2.83.